The van der Waals surface area contributed by atoms with E-state index >= 15 is 0 Å². The lowest BCUT2D eigenvalue weighted by atomic mass is 10.2. The SMILES string of the molecule is O=C(CSc1nnc(-c2cc3ccccc3[nH]2)n1-c1ccccc1)Nc1ccc(S(=O)(=O)N2CCCC2)cc1. The molecule has 1 fully saturated rings. The summed E-state index contributed by atoms with van der Waals surface area (Å²) in [6.45, 7) is 1.10. The van der Waals surface area contributed by atoms with Gasteiger partial charge in [0.15, 0.2) is 11.0 Å². The number of H-pyrrole nitrogens is 1. The lowest BCUT2D eigenvalue weighted by Gasteiger charge is -2.15. The maximum Gasteiger partial charge on any atom is 0.243 e. The molecule has 3 heterocycles. The highest BCUT2D eigenvalue weighted by Gasteiger charge is 2.27. The monoisotopic (exact) mass is 558 g/mol. The second-order valence-electron chi connectivity index (χ2n) is 9.22. The third-order valence-electron chi connectivity index (χ3n) is 6.59. The van der Waals surface area contributed by atoms with Gasteiger partial charge in [-0.15, -0.1) is 10.2 Å². The normalized spacial score (nSPS) is 14.2. The number of amides is 1. The molecule has 1 amide bonds. The first-order valence-corrected chi connectivity index (χ1v) is 15.0. The van der Waals surface area contributed by atoms with Crippen LogP contribution in [0.1, 0.15) is 12.8 Å². The molecule has 0 bridgehead atoms. The molecule has 0 spiro atoms. The number of hydrogen-bond donors (Lipinski definition) is 2. The van der Waals surface area contributed by atoms with Gasteiger partial charge in [0.25, 0.3) is 0 Å². The van der Waals surface area contributed by atoms with E-state index in [0.29, 0.717) is 29.8 Å². The average molecular weight is 559 g/mol. The van der Waals surface area contributed by atoms with Crippen LogP contribution in [0.2, 0.25) is 0 Å². The van der Waals surface area contributed by atoms with Crippen molar-refractivity contribution in [2.24, 2.45) is 0 Å². The molecule has 0 saturated carbocycles. The summed E-state index contributed by atoms with van der Waals surface area (Å²) in [5.41, 5.74) is 3.24. The molecule has 1 aliphatic heterocycles. The molecule has 0 unspecified atom stereocenters. The Morgan fingerprint density at radius 2 is 1.64 bits per heavy atom. The fraction of sp³-hybridized carbons (Fsp3) is 0.179. The van der Waals surface area contributed by atoms with Crippen LogP contribution in [0.4, 0.5) is 5.69 Å². The molecule has 5 aromatic rings. The topological polar surface area (TPSA) is 113 Å². The number of para-hydroxylation sites is 2. The van der Waals surface area contributed by atoms with Crippen molar-refractivity contribution < 1.29 is 13.2 Å². The first kappa shape index (κ1) is 25.4. The van der Waals surface area contributed by atoms with Crippen molar-refractivity contribution in [2.45, 2.75) is 22.9 Å². The Kier molecular flexibility index (Phi) is 6.94. The van der Waals surface area contributed by atoms with Gasteiger partial charge < -0.3 is 10.3 Å². The zero-order valence-corrected chi connectivity index (χ0v) is 22.6. The lowest BCUT2D eigenvalue weighted by Crippen LogP contribution is -2.27. The number of nitrogens with one attached hydrogen (secondary N) is 2. The Hall–Kier alpha value is -3.93. The smallest absolute Gasteiger partial charge is 0.243 e. The number of nitrogens with zero attached hydrogens (tertiary/aromatic N) is 4. The van der Waals surface area contributed by atoms with Crippen LogP contribution in [0.25, 0.3) is 28.1 Å². The van der Waals surface area contributed by atoms with Crippen molar-refractivity contribution in [2.75, 3.05) is 24.2 Å². The highest BCUT2D eigenvalue weighted by Crippen LogP contribution is 2.30. The van der Waals surface area contributed by atoms with Gasteiger partial charge in [0.2, 0.25) is 15.9 Å². The van der Waals surface area contributed by atoms with Crippen LogP contribution in [-0.4, -0.2) is 57.2 Å². The summed E-state index contributed by atoms with van der Waals surface area (Å²) in [6, 6.07) is 26.1. The van der Waals surface area contributed by atoms with E-state index in [-0.39, 0.29) is 16.6 Å². The Labute approximate surface area is 230 Å². The molecule has 0 aliphatic carbocycles. The number of carbonyl (C=O) groups excluding carboxylic acids is 1. The van der Waals surface area contributed by atoms with Gasteiger partial charge in [-0.05, 0) is 61.4 Å². The number of rotatable bonds is 8. The third-order valence-corrected chi connectivity index (χ3v) is 9.43. The highest BCUT2D eigenvalue weighted by atomic mass is 32.2. The van der Waals surface area contributed by atoms with Crippen molar-refractivity contribution in [1.82, 2.24) is 24.1 Å². The van der Waals surface area contributed by atoms with Gasteiger partial charge in [-0.25, -0.2) is 8.42 Å². The summed E-state index contributed by atoms with van der Waals surface area (Å²) in [5, 5.41) is 13.3. The summed E-state index contributed by atoms with van der Waals surface area (Å²) >= 11 is 1.28. The molecule has 11 heteroatoms. The Morgan fingerprint density at radius 3 is 2.38 bits per heavy atom. The van der Waals surface area contributed by atoms with Crippen LogP contribution in [0, 0.1) is 0 Å². The van der Waals surface area contributed by atoms with E-state index in [1.54, 1.807) is 12.1 Å². The maximum atomic E-state index is 12.8. The van der Waals surface area contributed by atoms with Crippen molar-refractivity contribution in [3.63, 3.8) is 0 Å². The zero-order chi connectivity index (χ0) is 26.8. The van der Waals surface area contributed by atoms with Crippen LogP contribution in [0.3, 0.4) is 0 Å². The number of thioether (sulfide) groups is 1. The van der Waals surface area contributed by atoms with Crippen LogP contribution in [-0.2, 0) is 14.8 Å². The predicted molar refractivity (Wildman–Crippen MR) is 152 cm³/mol. The number of fused-ring (bicyclic) bond motifs is 1. The molecule has 1 aliphatic rings. The third kappa shape index (κ3) is 5.20. The van der Waals surface area contributed by atoms with Crippen LogP contribution in [0.15, 0.2) is 95.0 Å². The molecule has 9 nitrogen and oxygen atoms in total. The first-order valence-electron chi connectivity index (χ1n) is 12.6. The van der Waals surface area contributed by atoms with E-state index in [1.165, 1.54) is 28.2 Å². The van der Waals surface area contributed by atoms with E-state index in [2.05, 4.69) is 20.5 Å². The second-order valence-corrected chi connectivity index (χ2v) is 12.1. The summed E-state index contributed by atoms with van der Waals surface area (Å²) in [7, 11) is -3.49. The quantitative estimate of drug-likeness (QED) is 0.261. The lowest BCUT2D eigenvalue weighted by molar-refractivity contribution is -0.113. The van der Waals surface area contributed by atoms with E-state index in [9.17, 15) is 13.2 Å². The molecular weight excluding hydrogens is 532 g/mol. The fourth-order valence-corrected chi connectivity index (χ4v) is 6.93. The summed E-state index contributed by atoms with van der Waals surface area (Å²) < 4.78 is 28.9. The summed E-state index contributed by atoms with van der Waals surface area (Å²) in [6.07, 6.45) is 1.76. The van der Waals surface area contributed by atoms with Crippen molar-refractivity contribution >= 4 is 44.3 Å². The van der Waals surface area contributed by atoms with Crippen molar-refractivity contribution in [3.8, 4) is 17.2 Å². The molecule has 39 heavy (non-hydrogen) atoms. The molecule has 2 N–H and O–H groups in total. The molecule has 1 saturated heterocycles. The van der Waals surface area contributed by atoms with Gasteiger partial charge >= 0.3 is 0 Å². The van der Waals surface area contributed by atoms with Gasteiger partial charge in [0.05, 0.1) is 16.3 Å². The Balaban J connectivity index is 1.18. The Bertz CT molecular complexity index is 1690. The van der Waals surface area contributed by atoms with Gasteiger partial charge in [0.1, 0.15) is 0 Å². The van der Waals surface area contributed by atoms with E-state index in [0.717, 1.165) is 35.1 Å². The molecule has 6 rings (SSSR count). The predicted octanol–water partition coefficient (Wildman–Crippen LogP) is 4.93. The van der Waals surface area contributed by atoms with E-state index in [4.69, 9.17) is 0 Å². The number of hydrogen-bond acceptors (Lipinski definition) is 6. The van der Waals surface area contributed by atoms with Crippen molar-refractivity contribution in [1.29, 1.82) is 0 Å². The largest absolute Gasteiger partial charge is 0.352 e. The second kappa shape index (κ2) is 10.7. The zero-order valence-electron chi connectivity index (χ0n) is 20.9. The average Bonchev–Trinajstić information content (AvgIpc) is 3.72. The van der Waals surface area contributed by atoms with Gasteiger partial charge in [-0.2, -0.15) is 4.31 Å². The molecule has 2 aromatic heterocycles. The van der Waals surface area contributed by atoms with Crippen LogP contribution < -0.4 is 5.32 Å². The van der Waals surface area contributed by atoms with E-state index in [1.807, 2.05) is 65.2 Å². The first-order chi connectivity index (χ1) is 19.0. The molecule has 0 atom stereocenters. The number of anilines is 1. The summed E-state index contributed by atoms with van der Waals surface area (Å²) in [5.74, 6) is 0.519. The van der Waals surface area contributed by atoms with Gasteiger partial charge in [-0.3, -0.25) is 9.36 Å². The number of benzene rings is 3. The standard InChI is InChI=1S/C28H26N6O3S2/c35-26(29-21-12-14-23(15-13-21)39(36,37)33-16-6-7-17-33)19-38-28-32-31-27(34(28)22-9-2-1-3-10-22)25-18-20-8-4-5-11-24(20)30-25/h1-5,8-15,18,30H,6-7,16-17,19H2,(H,29,35). The van der Waals surface area contributed by atoms with Gasteiger partial charge in [0, 0.05) is 35.4 Å². The number of aromatic nitrogens is 4. The maximum absolute atomic E-state index is 12.8. The minimum Gasteiger partial charge on any atom is -0.352 e. The van der Waals surface area contributed by atoms with E-state index < -0.39 is 10.0 Å². The minimum atomic E-state index is -3.49. The molecule has 3 aromatic carbocycles. The minimum absolute atomic E-state index is 0.103. The van der Waals surface area contributed by atoms with Crippen molar-refractivity contribution in [3.05, 3.63) is 84.9 Å². The number of aromatic amines is 1. The van der Waals surface area contributed by atoms with Crippen LogP contribution >= 0.6 is 11.8 Å². The molecular formula is C28H26N6O3S2. The molecule has 198 valence electrons. The molecule has 0 radical (unpaired) electrons. The number of carbonyl (C=O) groups is 1. The number of sulfonamides is 1. The highest BCUT2D eigenvalue weighted by molar-refractivity contribution is 7.99. The van der Waals surface area contributed by atoms with Gasteiger partial charge in [-0.1, -0.05) is 48.2 Å². The fourth-order valence-electron chi connectivity index (χ4n) is 4.66. The summed E-state index contributed by atoms with van der Waals surface area (Å²) in [4.78, 5) is 16.4. The van der Waals surface area contributed by atoms with Crippen LogP contribution in [0.5, 0.6) is 0 Å². The Morgan fingerprint density at radius 1 is 0.923 bits per heavy atom.